The van der Waals surface area contributed by atoms with E-state index in [9.17, 15) is 0 Å². The van der Waals surface area contributed by atoms with Gasteiger partial charge >= 0.3 is 0 Å². The average molecular weight is 188 g/mol. The van der Waals surface area contributed by atoms with E-state index in [1.807, 2.05) is 14.0 Å². The first-order valence-corrected chi connectivity index (χ1v) is 4.75. The summed E-state index contributed by atoms with van der Waals surface area (Å²) < 4.78 is 0. The van der Waals surface area contributed by atoms with Crippen LogP contribution >= 0.6 is 0 Å². The maximum Gasteiger partial charge on any atom is 0.0621 e. The number of aliphatic hydroxyl groups excluding tert-OH is 1. The molecule has 0 spiro atoms. The number of nitrogens with zero attached hydrogens (tertiary/aromatic N) is 1. The normalized spacial score (nSPS) is 17.5. The molecule has 0 heterocycles. The van der Waals surface area contributed by atoms with E-state index in [0.717, 1.165) is 13.1 Å². The van der Waals surface area contributed by atoms with Crippen molar-refractivity contribution in [3.05, 3.63) is 0 Å². The Morgan fingerprint density at radius 1 is 1.15 bits per heavy atom. The summed E-state index contributed by atoms with van der Waals surface area (Å²) in [7, 11) is 2.03. The first-order chi connectivity index (χ1) is 5.66. The fourth-order valence-corrected chi connectivity index (χ4v) is 1.53. The molecule has 0 saturated heterocycles. The standard InChI is InChI=1S/C10H24N2O/c1-9(2,3)6-12(5)7-10(4,11)8-13/h13H,6-8,11H2,1-5H3. The molecule has 0 radical (unpaired) electrons. The van der Waals surface area contributed by atoms with E-state index in [1.165, 1.54) is 0 Å². The third-order valence-corrected chi connectivity index (χ3v) is 1.74. The predicted molar refractivity (Wildman–Crippen MR) is 56.6 cm³/mol. The fraction of sp³-hybridized carbons (Fsp3) is 1.00. The van der Waals surface area contributed by atoms with Crippen molar-refractivity contribution in [2.24, 2.45) is 11.1 Å². The van der Waals surface area contributed by atoms with Gasteiger partial charge in [-0.2, -0.15) is 0 Å². The van der Waals surface area contributed by atoms with Crippen LogP contribution in [0.15, 0.2) is 0 Å². The van der Waals surface area contributed by atoms with Crippen molar-refractivity contribution >= 4 is 0 Å². The number of likely N-dealkylation sites (N-methyl/N-ethyl adjacent to an activating group) is 1. The van der Waals surface area contributed by atoms with Gasteiger partial charge in [-0.15, -0.1) is 0 Å². The van der Waals surface area contributed by atoms with Crippen LogP contribution in [0.4, 0.5) is 0 Å². The number of rotatable bonds is 4. The highest BCUT2D eigenvalue weighted by Crippen LogP contribution is 2.15. The maximum absolute atomic E-state index is 8.99. The molecule has 0 aromatic carbocycles. The largest absolute Gasteiger partial charge is 0.394 e. The van der Waals surface area contributed by atoms with Gasteiger partial charge in [0.1, 0.15) is 0 Å². The molecule has 0 saturated carbocycles. The van der Waals surface area contributed by atoms with Crippen LogP contribution < -0.4 is 5.73 Å². The molecule has 1 atom stereocenters. The Morgan fingerprint density at radius 3 is 1.92 bits per heavy atom. The van der Waals surface area contributed by atoms with Gasteiger partial charge in [-0.05, 0) is 19.4 Å². The van der Waals surface area contributed by atoms with Crippen molar-refractivity contribution in [2.75, 3.05) is 26.7 Å². The van der Waals surface area contributed by atoms with Gasteiger partial charge in [0.2, 0.25) is 0 Å². The maximum atomic E-state index is 8.99. The first-order valence-electron chi connectivity index (χ1n) is 4.75. The molecule has 0 aliphatic heterocycles. The van der Waals surface area contributed by atoms with E-state index in [0.29, 0.717) is 0 Å². The van der Waals surface area contributed by atoms with E-state index in [2.05, 4.69) is 25.7 Å². The van der Waals surface area contributed by atoms with Crippen LogP contribution in [0.25, 0.3) is 0 Å². The molecule has 0 fully saturated rings. The van der Waals surface area contributed by atoms with Gasteiger partial charge in [-0.25, -0.2) is 0 Å². The molecule has 0 aromatic heterocycles. The molecule has 0 aliphatic rings. The molecular weight excluding hydrogens is 164 g/mol. The molecule has 0 amide bonds. The third-order valence-electron chi connectivity index (χ3n) is 1.74. The highest BCUT2D eigenvalue weighted by molar-refractivity contribution is 4.82. The quantitative estimate of drug-likeness (QED) is 0.682. The summed E-state index contributed by atoms with van der Waals surface area (Å²) in [6.45, 7) is 10.2. The van der Waals surface area contributed by atoms with Gasteiger partial charge in [-0.3, -0.25) is 0 Å². The second-order valence-corrected chi connectivity index (χ2v) is 5.55. The first kappa shape index (κ1) is 12.9. The van der Waals surface area contributed by atoms with Crippen LogP contribution in [0, 0.1) is 5.41 Å². The van der Waals surface area contributed by atoms with Crippen LogP contribution in [0.5, 0.6) is 0 Å². The van der Waals surface area contributed by atoms with E-state index in [4.69, 9.17) is 10.8 Å². The molecule has 0 rings (SSSR count). The van der Waals surface area contributed by atoms with Crippen LogP contribution in [0.1, 0.15) is 27.7 Å². The zero-order chi connectivity index (χ0) is 10.7. The van der Waals surface area contributed by atoms with E-state index >= 15 is 0 Å². The molecule has 3 nitrogen and oxygen atoms in total. The van der Waals surface area contributed by atoms with Crippen molar-refractivity contribution in [1.29, 1.82) is 0 Å². The second kappa shape index (κ2) is 4.40. The molecule has 3 N–H and O–H groups in total. The lowest BCUT2D eigenvalue weighted by Crippen LogP contribution is -2.50. The number of aliphatic hydroxyl groups is 1. The van der Waals surface area contributed by atoms with Crippen LogP contribution in [0.3, 0.4) is 0 Å². The molecule has 0 aliphatic carbocycles. The second-order valence-electron chi connectivity index (χ2n) is 5.55. The molecule has 1 unspecified atom stereocenters. The third kappa shape index (κ3) is 6.99. The molecule has 3 heteroatoms. The van der Waals surface area contributed by atoms with E-state index in [1.54, 1.807) is 0 Å². The molecule has 13 heavy (non-hydrogen) atoms. The van der Waals surface area contributed by atoms with Crippen molar-refractivity contribution in [1.82, 2.24) is 4.90 Å². The van der Waals surface area contributed by atoms with Gasteiger partial charge in [0.25, 0.3) is 0 Å². The molecule has 0 aromatic rings. The minimum Gasteiger partial charge on any atom is -0.394 e. The monoisotopic (exact) mass is 188 g/mol. The van der Waals surface area contributed by atoms with Gasteiger partial charge in [0.05, 0.1) is 6.61 Å². The van der Waals surface area contributed by atoms with Crippen LogP contribution in [-0.4, -0.2) is 42.3 Å². The summed E-state index contributed by atoms with van der Waals surface area (Å²) in [4.78, 5) is 2.16. The number of hydrogen-bond acceptors (Lipinski definition) is 3. The lowest BCUT2D eigenvalue weighted by Gasteiger charge is -2.32. The van der Waals surface area contributed by atoms with Crippen LogP contribution in [0.2, 0.25) is 0 Å². The van der Waals surface area contributed by atoms with Gasteiger partial charge in [-0.1, -0.05) is 20.8 Å². The number of nitrogens with two attached hydrogens (primary N) is 1. The Morgan fingerprint density at radius 2 is 1.62 bits per heavy atom. The van der Waals surface area contributed by atoms with E-state index in [-0.39, 0.29) is 12.0 Å². The van der Waals surface area contributed by atoms with Gasteiger partial charge in [0.15, 0.2) is 0 Å². The Bertz CT molecular complexity index is 149. The Hall–Kier alpha value is -0.120. The molecule has 0 bridgehead atoms. The predicted octanol–water partition coefficient (Wildman–Crippen LogP) is 0.674. The van der Waals surface area contributed by atoms with Crippen molar-refractivity contribution in [2.45, 2.75) is 33.2 Å². The molecular formula is C10H24N2O. The summed E-state index contributed by atoms with van der Waals surface area (Å²) in [5.74, 6) is 0. The highest BCUT2D eigenvalue weighted by atomic mass is 16.3. The summed E-state index contributed by atoms with van der Waals surface area (Å²) in [5.41, 5.74) is 5.64. The zero-order valence-electron chi connectivity index (χ0n) is 9.59. The SMILES string of the molecule is CN(CC(C)(C)C)CC(C)(N)CO. The lowest BCUT2D eigenvalue weighted by atomic mass is 9.95. The van der Waals surface area contributed by atoms with Crippen LogP contribution in [-0.2, 0) is 0 Å². The molecule has 80 valence electrons. The summed E-state index contributed by atoms with van der Waals surface area (Å²) >= 11 is 0. The lowest BCUT2D eigenvalue weighted by molar-refractivity contribution is 0.140. The highest BCUT2D eigenvalue weighted by Gasteiger charge is 2.22. The summed E-state index contributed by atoms with van der Waals surface area (Å²) in [5, 5.41) is 8.99. The summed E-state index contributed by atoms with van der Waals surface area (Å²) in [6, 6.07) is 0. The van der Waals surface area contributed by atoms with Crippen molar-refractivity contribution in [3.63, 3.8) is 0 Å². The minimum absolute atomic E-state index is 0.0292. The topological polar surface area (TPSA) is 49.5 Å². The smallest absolute Gasteiger partial charge is 0.0621 e. The summed E-state index contributed by atoms with van der Waals surface area (Å²) in [6.07, 6.45) is 0. The Labute approximate surface area is 81.9 Å². The van der Waals surface area contributed by atoms with Crippen molar-refractivity contribution < 1.29 is 5.11 Å². The van der Waals surface area contributed by atoms with Gasteiger partial charge < -0.3 is 15.7 Å². The minimum atomic E-state index is -0.486. The number of hydrogen-bond donors (Lipinski definition) is 2. The Kier molecular flexibility index (Phi) is 4.36. The van der Waals surface area contributed by atoms with Gasteiger partial charge in [0, 0.05) is 18.6 Å². The van der Waals surface area contributed by atoms with Crippen molar-refractivity contribution in [3.8, 4) is 0 Å². The fourth-order valence-electron chi connectivity index (χ4n) is 1.53. The zero-order valence-corrected chi connectivity index (χ0v) is 9.59. The average Bonchev–Trinajstić information content (AvgIpc) is 1.81. The Balaban J connectivity index is 3.94. The van der Waals surface area contributed by atoms with E-state index < -0.39 is 5.54 Å².